The summed E-state index contributed by atoms with van der Waals surface area (Å²) >= 11 is 0. The number of aliphatic imine (C=N–C) groups is 1. The van der Waals surface area contributed by atoms with Crippen LogP contribution in [-0.4, -0.2) is 102 Å². The molecule has 0 saturated carbocycles. The van der Waals surface area contributed by atoms with E-state index < -0.39 is 5.34 Å². The maximum absolute atomic E-state index is 13.0. The van der Waals surface area contributed by atoms with Gasteiger partial charge in [0.15, 0.2) is 5.82 Å². The Balaban J connectivity index is 1.24. The zero-order valence-electron chi connectivity index (χ0n) is 26.3. The molecule has 3 aliphatic rings. The lowest BCUT2D eigenvalue weighted by Gasteiger charge is -2.50. The molecule has 6 N–H and O–H groups in total. The summed E-state index contributed by atoms with van der Waals surface area (Å²) in [4.78, 5) is 32.0. The van der Waals surface area contributed by atoms with Gasteiger partial charge in [-0.05, 0) is 43.3 Å². The van der Waals surface area contributed by atoms with Gasteiger partial charge >= 0.3 is 0 Å². The van der Waals surface area contributed by atoms with Crippen LogP contribution in [0.2, 0.25) is 0 Å². The zero-order chi connectivity index (χ0) is 32.7. The summed E-state index contributed by atoms with van der Waals surface area (Å²) in [6, 6.07) is 7.18. The Hall–Kier alpha value is -4.78. The normalized spacial score (nSPS) is 19.5. The summed E-state index contributed by atoms with van der Waals surface area (Å²) in [6.07, 6.45) is 7.92. The third-order valence-corrected chi connectivity index (χ3v) is 9.13. The van der Waals surface area contributed by atoms with Gasteiger partial charge in [-0.15, -0.1) is 0 Å². The van der Waals surface area contributed by atoms with Crippen LogP contribution in [0.5, 0.6) is 0 Å². The van der Waals surface area contributed by atoms with Gasteiger partial charge in [-0.3, -0.25) is 14.5 Å². The number of carbonyl (C=O) groups excluding carboxylic acids is 1. The molecule has 46 heavy (non-hydrogen) atoms. The van der Waals surface area contributed by atoms with E-state index in [1.165, 1.54) is 6.08 Å². The van der Waals surface area contributed by atoms with Crippen LogP contribution < -0.4 is 21.7 Å². The minimum atomic E-state index is -1.35. The van der Waals surface area contributed by atoms with Gasteiger partial charge in [-0.1, -0.05) is 6.07 Å². The van der Waals surface area contributed by atoms with E-state index in [9.17, 15) is 9.90 Å². The predicted octanol–water partition coefficient (Wildman–Crippen LogP) is 1.73. The Bertz CT molecular complexity index is 1740. The standard InChI is InChI=1S/C31H37B2N11O2/c1-18-27-21(20-9-10-37-29(28(20)41(18)3)40-24(22(34)17-45)13-26(35)36-2)14-38-44(27)19-15-43(16-19)31(32,33)25-8-6-7-23(39-25)30(46)42-11-4-5-12-42/h6-10,13-14,17-19,45H,4-5,11-12,15-16,34H2,1-3H3,(H2,35,36)(H,37,40)/b22-17+,24-13+. The summed E-state index contributed by atoms with van der Waals surface area (Å²) in [5.74, 6) is 0.676. The molecule has 3 aromatic rings. The number of nitrogens with two attached hydrogens (primary N) is 2. The number of aromatic nitrogens is 4. The fourth-order valence-corrected chi connectivity index (χ4v) is 6.32. The van der Waals surface area contributed by atoms with E-state index in [0.717, 1.165) is 54.7 Å². The van der Waals surface area contributed by atoms with Gasteiger partial charge in [0.1, 0.15) is 17.8 Å². The number of aliphatic hydroxyl groups is 1. The number of rotatable bonds is 8. The Morgan fingerprint density at radius 2 is 1.91 bits per heavy atom. The first kappa shape index (κ1) is 31.2. The molecular weight excluding hydrogens is 580 g/mol. The number of nitrogens with zero attached hydrogens (tertiary/aromatic N) is 8. The van der Waals surface area contributed by atoms with Crippen molar-refractivity contribution in [2.24, 2.45) is 16.5 Å². The molecule has 0 aromatic carbocycles. The number of nitrogens with one attached hydrogen (secondary N) is 1. The lowest BCUT2D eigenvalue weighted by atomic mass is 9.57. The SMILES string of the molecule is [B]C([B])(c1cccc(C(=O)N2CCCC2)n1)N1CC(n2ncc3c2C(C)N(C)c2c-3ccnc2NC(=C/C(N)=NC)/C(N)=C\O)C1. The van der Waals surface area contributed by atoms with Crippen molar-refractivity contribution in [1.82, 2.24) is 29.5 Å². The van der Waals surface area contributed by atoms with Gasteiger partial charge in [0.25, 0.3) is 5.91 Å². The van der Waals surface area contributed by atoms with E-state index in [2.05, 4.69) is 36.8 Å². The number of amides is 1. The number of fused-ring (bicyclic) bond motifs is 3. The average molecular weight is 617 g/mol. The minimum Gasteiger partial charge on any atom is -0.513 e. The van der Waals surface area contributed by atoms with Gasteiger partial charge in [-0.25, -0.2) is 9.97 Å². The number of hydrogen-bond acceptors (Lipinski definition) is 10. The predicted molar refractivity (Wildman–Crippen MR) is 180 cm³/mol. The first-order valence-electron chi connectivity index (χ1n) is 15.3. The van der Waals surface area contributed by atoms with Crippen LogP contribution in [0, 0.1) is 0 Å². The number of pyridine rings is 2. The largest absolute Gasteiger partial charge is 0.513 e. The molecule has 15 heteroatoms. The first-order chi connectivity index (χ1) is 22.0. The zero-order valence-corrected chi connectivity index (χ0v) is 26.3. The van der Waals surface area contributed by atoms with Crippen molar-refractivity contribution in [3.05, 3.63) is 77.5 Å². The summed E-state index contributed by atoms with van der Waals surface area (Å²) < 4.78 is 2.05. The Morgan fingerprint density at radius 3 is 2.61 bits per heavy atom. The number of anilines is 2. The van der Waals surface area contributed by atoms with Crippen LogP contribution in [0.15, 0.2) is 65.4 Å². The molecule has 0 spiro atoms. The van der Waals surface area contributed by atoms with Crippen molar-refractivity contribution in [2.45, 2.75) is 37.2 Å². The molecule has 3 aromatic heterocycles. The molecule has 0 bridgehead atoms. The third-order valence-electron chi connectivity index (χ3n) is 9.13. The van der Waals surface area contributed by atoms with Gasteiger partial charge in [0.2, 0.25) is 0 Å². The first-order valence-corrected chi connectivity index (χ1v) is 15.3. The lowest BCUT2D eigenvalue weighted by molar-refractivity contribution is 0.0613. The summed E-state index contributed by atoms with van der Waals surface area (Å²) in [5.41, 5.74) is 17.0. The van der Waals surface area contributed by atoms with Crippen LogP contribution in [0.25, 0.3) is 11.1 Å². The van der Waals surface area contributed by atoms with E-state index >= 15 is 0 Å². The summed E-state index contributed by atoms with van der Waals surface area (Å²) in [7, 11) is 16.9. The molecule has 2 saturated heterocycles. The maximum atomic E-state index is 13.0. The highest BCUT2D eigenvalue weighted by molar-refractivity contribution is 6.39. The smallest absolute Gasteiger partial charge is 0.272 e. The molecular formula is C31H37B2N11O2. The lowest BCUT2D eigenvalue weighted by Crippen LogP contribution is -2.60. The Morgan fingerprint density at radius 1 is 1.17 bits per heavy atom. The quantitative estimate of drug-likeness (QED) is 0.0962. The number of hydrogen-bond donors (Lipinski definition) is 4. The molecule has 6 rings (SSSR count). The fraction of sp³-hybridized carbons (Fsp3) is 0.387. The van der Waals surface area contributed by atoms with Crippen molar-refractivity contribution in [1.29, 1.82) is 0 Å². The van der Waals surface area contributed by atoms with Crippen LogP contribution in [0.4, 0.5) is 11.5 Å². The molecule has 13 nitrogen and oxygen atoms in total. The molecule has 4 radical (unpaired) electrons. The van der Waals surface area contributed by atoms with Crippen LogP contribution in [0.1, 0.15) is 53.7 Å². The van der Waals surface area contributed by atoms with Crippen LogP contribution in [0.3, 0.4) is 0 Å². The maximum Gasteiger partial charge on any atom is 0.272 e. The summed E-state index contributed by atoms with van der Waals surface area (Å²) in [6.45, 7) is 4.71. The van der Waals surface area contributed by atoms with E-state index in [0.29, 0.717) is 36.0 Å². The molecule has 6 heterocycles. The minimum absolute atomic E-state index is 0.0294. The van der Waals surface area contributed by atoms with Crippen molar-refractivity contribution in [3.8, 4) is 11.1 Å². The van der Waals surface area contributed by atoms with E-state index in [-0.39, 0.29) is 29.5 Å². The monoisotopic (exact) mass is 617 g/mol. The highest BCUT2D eigenvalue weighted by atomic mass is 16.2. The topological polar surface area (TPSA) is 167 Å². The Labute approximate surface area is 270 Å². The van der Waals surface area contributed by atoms with Gasteiger partial charge in [0.05, 0.1) is 56.7 Å². The van der Waals surface area contributed by atoms with Crippen molar-refractivity contribution in [3.63, 3.8) is 0 Å². The van der Waals surface area contributed by atoms with Crippen LogP contribution >= 0.6 is 0 Å². The van der Waals surface area contributed by atoms with E-state index in [1.54, 1.807) is 31.4 Å². The molecule has 234 valence electrons. The molecule has 1 amide bonds. The van der Waals surface area contributed by atoms with Crippen LogP contribution in [-0.2, 0) is 5.34 Å². The van der Waals surface area contributed by atoms with Gasteiger partial charge in [0, 0.05) is 69.4 Å². The second-order valence-electron chi connectivity index (χ2n) is 11.9. The molecule has 3 aliphatic heterocycles. The Kier molecular flexibility index (Phi) is 8.28. The van der Waals surface area contributed by atoms with Crippen molar-refractivity contribution >= 4 is 38.9 Å². The highest BCUT2D eigenvalue weighted by Gasteiger charge is 2.42. The number of amidine groups is 1. The van der Waals surface area contributed by atoms with Gasteiger partial charge < -0.3 is 36.6 Å². The second kappa shape index (κ2) is 12.2. The molecule has 1 atom stereocenters. The average Bonchev–Trinajstić information content (AvgIpc) is 3.73. The number of aliphatic hydroxyl groups excluding tert-OH is 1. The summed E-state index contributed by atoms with van der Waals surface area (Å²) in [5, 5.41) is 16.3. The number of likely N-dealkylation sites (tertiary alicyclic amines) is 2. The van der Waals surface area contributed by atoms with Gasteiger partial charge in [-0.2, -0.15) is 5.10 Å². The molecule has 2 fully saturated rings. The fourth-order valence-electron chi connectivity index (χ4n) is 6.32. The van der Waals surface area contributed by atoms with Crippen molar-refractivity contribution < 1.29 is 9.90 Å². The second-order valence-corrected chi connectivity index (χ2v) is 11.9. The van der Waals surface area contributed by atoms with Crippen molar-refractivity contribution in [2.75, 3.05) is 50.5 Å². The van der Waals surface area contributed by atoms with E-state index in [4.69, 9.17) is 32.3 Å². The highest BCUT2D eigenvalue weighted by Crippen LogP contribution is 2.48. The third kappa shape index (κ3) is 5.38. The molecule has 1 unspecified atom stereocenters. The molecule has 0 aliphatic carbocycles. The van der Waals surface area contributed by atoms with E-state index in [1.807, 2.05) is 29.1 Å². The number of carbonyl (C=O) groups is 1.